The smallest absolute Gasteiger partial charge is 0.178 e. The summed E-state index contributed by atoms with van der Waals surface area (Å²) in [5.74, 6) is 5.59. The molecule has 0 spiro atoms. The Morgan fingerprint density at radius 1 is 1.22 bits per heavy atom. The van der Waals surface area contributed by atoms with Gasteiger partial charge < -0.3 is 9.57 Å². The molecule has 0 amide bonds. The fraction of sp³-hybridized carbons (Fsp3) is 0.500. The highest BCUT2D eigenvalue weighted by atomic mass is 32.2. The lowest BCUT2D eigenvalue weighted by atomic mass is 10.1. The van der Waals surface area contributed by atoms with Crippen molar-refractivity contribution in [1.82, 2.24) is 0 Å². The molecule has 0 aliphatic rings. The van der Waals surface area contributed by atoms with Gasteiger partial charge in [-0.05, 0) is 43.5 Å². The molecule has 0 bridgehead atoms. The van der Waals surface area contributed by atoms with Crippen LogP contribution in [0.4, 0.5) is 0 Å². The molecule has 0 radical (unpaired) electrons. The van der Waals surface area contributed by atoms with Crippen LogP contribution in [0.25, 0.3) is 0 Å². The van der Waals surface area contributed by atoms with Gasteiger partial charge in [0.2, 0.25) is 0 Å². The Labute approximate surface area is 108 Å². The van der Waals surface area contributed by atoms with Crippen molar-refractivity contribution in [2.75, 3.05) is 19.5 Å². The van der Waals surface area contributed by atoms with E-state index in [1.165, 1.54) is 0 Å². The SMILES string of the molecule is COc1cc(C)c(S(=O)(=O)CCCON)cc1C. The van der Waals surface area contributed by atoms with E-state index in [2.05, 4.69) is 4.84 Å². The number of hydrogen-bond donors (Lipinski definition) is 1. The maximum Gasteiger partial charge on any atom is 0.178 e. The standard InChI is InChI=1S/C12H19NO4S/c1-9-8-12(10(2)7-11(9)16-3)18(14,15)6-4-5-17-13/h7-8H,4-6,13H2,1-3H3. The highest BCUT2D eigenvalue weighted by molar-refractivity contribution is 7.91. The normalized spacial score (nSPS) is 11.6. The third-order valence-electron chi connectivity index (χ3n) is 2.70. The molecular formula is C12H19NO4S. The Kier molecular flexibility index (Phi) is 5.13. The summed E-state index contributed by atoms with van der Waals surface area (Å²) in [5.41, 5.74) is 1.49. The lowest BCUT2D eigenvalue weighted by Gasteiger charge is -2.11. The van der Waals surface area contributed by atoms with E-state index in [4.69, 9.17) is 10.6 Å². The van der Waals surface area contributed by atoms with Gasteiger partial charge in [0.15, 0.2) is 9.84 Å². The van der Waals surface area contributed by atoms with Crippen LogP contribution in [0.2, 0.25) is 0 Å². The van der Waals surface area contributed by atoms with Crippen LogP contribution in [0.3, 0.4) is 0 Å². The first-order chi connectivity index (χ1) is 8.42. The molecule has 6 heteroatoms. The van der Waals surface area contributed by atoms with Gasteiger partial charge in [0.05, 0.1) is 24.4 Å². The molecule has 0 fully saturated rings. The number of hydrogen-bond acceptors (Lipinski definition) is 5. The molecule has 1 rings (SSSR count). The Hall–Kier alpha value is -1.11. The first kappa shape index (κ1) is 14.9. The molecule has 102 valence electrons. The van der Waals surface area contributed by atoms with Gasteiger partial charge >= 0.3 is 0 Å². The van der Waals surface area contributed by atoms with Crippen molar-refractivity contribution in [3.8, 4) is 5.75 Å². The molecule has 0 saturated carbocycles. The highest BCUT2D eigenvalue weighted by Gasteiger charge is 2.18. The molecule has 0 atom stereocenters. The largest absolute Gasteiger partial charge is 0.496 e. The van der Waals surface area contributed by atoms with Crippen molar-refractivity contribution in [1.29, 1.82) is 0 Å². The summed E-state index contributed by atoms with van der Waals surface area (Å²) < 4.78 is 29.4. The third kappa shape index (κ3) is 3.44. The minimum Gasteiger partial charge on any atom is -0.496 e. The topological polar surface area (TPSA) is 78.6 Å². The van der Waals surface area contributed by atoms with E-state index < -0.39 is 9.84 Å². The second-order valence-electron chi connectivity index (χ2n) is 4.13. The fourth-order valence-electron chi connectivity index (χ4n) is 1.76. The van der Waals surface area contributed by atoms with Crippen LogP contribution in [0.5, 0.6) is 5.75 Å². The molecule has 0 aromatic heterocycles. The predicted molar refractivity (Wildman–Crippen MR) is 69.3 cm³/mol. The molecule has 1 aromatic carbocycles. The third-order valence-corrected chi connectivity index (χ3v) is 4.64. The number of ether oxygens (including phenoxy) is 1. The van der Waals surface area contributed by atoms with Gasteiger partial charge in [-0.25, -0.2) is 14.3 Å². The summed E-state index contributed by atoms with van der Waals surface area (Å²) in [6.07, 6.45) is 0.378. The molecule has 0 aliphatic heterocycles. The monoisotopic (exact) mass is 273 g/mol. The van der Waals surface area contributed by atoms with Crippen molar-refractivity contribution in [3.05, 3.63) is 23.3 Å². The Balaban J connectivity index is 3.05. The summed E-state index contributed by atoms with van der Waals surface area (Å²) in [4.78, 5) is 4.72. The van der Waals surface area contributed by atoms with Gasteiger partial charge in [-0.1, -0.05) is 0 Å². The van der Waals surface area contributed by atoms with Crippen LogP contribution in [0.1, 0.15) is 17.5 Å². The van der Waals surface area contributed by atoms with Crippen molar-refractivity contribution < 1.29 is 18.0 Å². The predicted octanol–water partition coefficient (Wildman–Crippen LogP) is 1.37. The quantitative estimate of drug-likeness (QED) is 0.625. The van der Waals surface area contributed by atoms with Gasteiger partial charge in [0.1, 0.15) is 5.75 Å². The van der Waals surface area contributed by atoms with Crippen LogP contribution < -0.4 is 10.6 Å². The van der Waals surface area contributed by atoms with E-state index in [1.807, 2.05) is 6.92 Å². The number of rotatable bonds is 6. The lowest BCUT2D eigenvalue weighted by molar-refractivity contribution is 0.139. The van der Waals surface area contributed by atoms with Gasteiger partial charge in [0, 0.05) is 0 Å². The van der Waals surface area contributed by atoms with Crippen LogP contribution in [-0.4, -0.2) is 27.9 Å². The first-order valence-electron chi connectivity index (χ1n) is 5.62. The van der Waals surface area contributed by atoms with Crippen molar-refractivity contribution in [2.24, 2.45) is 5.90 Å². The van der Waals surface area contributed by atoms with Crippen LogP contribution in [0, 0.1) is 13.8 Å². The van der Waals surface area contributed by atoms with Crippen molar-refractivity contribution >= 4 is 9.84 Å². The van der Waals surface area contributed by atoms with Crippen LogP contribution in [-0.2, 0) is 14.7 Å². The Morgan fingerprint density at radius 2 is 1.89 bits per heavy atom. The fourth-order valence-corrected chi connectivity index (χ4v) is 3.38. The van der Waals surface area contributed by atoms with Crippen molar-refractivity contribution in [2.45, 2.75) is 25.2 Å². The zero-order valence-corrected chi connectivity index (χ0v) is 11.7. The summed E-state index contributed by atoms with van der Waals surface area (Å²) in [5, 5.41) is 0. The molecule has 18 heavy (non-hydrogen) atoms. The first-order valence-corrected chi connectivity index (χ1v) is 7.27. The highest BCUT2D eigenvalue weighted by Crippen LogP contribution is 2.26. The Morgan fingerprint density at radius 3 is 2.44 bits per heavy atom. The summed E-state index contributed by atoms with van der Waals surface area (Å²) in [7, 11) is -1.74. The van der Waals surface area contributed by atoms with E-state index in [9.17, 15) is 8.42 Å². The molecule has 5 nitrogen and oxygen atoms in total. The summed E-state index contributed by atoms with van der Waals surface area (Å²) in [6, 6.07) is 3.38. The molecular weight excluding hydrogens is 254 g/mol. The van der Waals surface area contributed by atoms with E-state index in [0.717, 1.165) is 5.56 Å². The molecule has 0 heterocycles. The molecule has 0 aliphatic carbocycles. The van der Waals surface area contributed by atoms with Crippen LogP contribution in [0.15, 0.2) is 17.0 Å². The number of aryl methyl sites for hydroxylation is 2. The van der Waals surface area contributed by atoms with E-state index >= 15 is 0 Å². The zero-order chi connectivity index (χ0) is 13.8. The van der Waals surface area contributed by atoms with E-state index in [1.54, 1.807) is 26.2 Å². The second-order valence-corrected chi connectivity index (χ2v) is 6.21. The minimum absolute atomic E-state index is 0.0246. The van der Waals surface area contributed by atoms with Gasteiger partial charge in [-0.3, -0.25) is 0 Å². The van der Waals surface area contributed by atoms with Gasteiger partial charge in [-0.15, -0.1) is 0 Å². The van der Waals surface area contributed by atoms with E-state index in [-0.39, 0.29) is 12.4 Å². The van der Waals surface area contributed by atoms with Gasteiger partial charge in [-0.2, -0.15) is 0 Å². The van der Waals surface area contributed by atoms with Crippen LogP contribution >= 0.6 is 0 Å². The average molecular weight is 273 g/mol. The maximum atomic E-state index is 12.1. The molecule has 0 saturated heterocycles. The summed E-state index contributed by atoms with van der Waals surface area (Å²) >= 11 is 0. The number of methoxy groups -OCH3 is 1. The molecule has 0 unspecified atom stereocenters. The lowest BCUT2D eigenvalue weighted by Crippen LogP contribution is -2.12. The van der Waals surface area contributed by atoms with E-state index in [0.29, 0.717) is 22.6 Å². The maximum absolute atomic E-state index is 12.1. The van der Waals surface area contributed by atoms with Crippen molar-refractivity contribution in [3.63, 3.8) is 0 Å². The number of benzene rings is 1. The molecule has 2 N–H and O–H groups in total. The Bertz CT molecular complexity index is 511. The van der Waals surface area contributed by atoms with Gasteiger partial charge in [0.25, 0.3) is 0 Å². The minimum atomic E-state index is -3.30. The average Bonchev–Trinajstić information content (AvgIpc) is 2.31. The number of nitrogens with two attached hydrogens (primary N) is 1. The molecule has 1 aromatic rings. The zero-order valence-electron chi connectivity index (χ0n) is 10.9. The second kappa shape index (κ2) is 6.17. The number of sulfone groups is 1. The summed E-state index contributed by atoms with van der Waals surface area (Å²) in [6.45, 7) is 3.81.